The van der Waals surface area contributed by atoms with E-state index in [1.807, 2.05) is 19.1 Å². The van der Waals surface area contributed by atoms with Crippen molar-refractivity contribution in [1.82, 2.24) is 10.2 Å². The topological polar surface area (TPSA) is 67.9 Å². The number of carbonyl (C=O) groups excluding carboxylic acids is 2. The minimum Gasteiger partial charge on any atom is -0.493 e. The monoisotopic (exact) mass is 318 g/mol. The van der Waals surface area contributed by atoms with E-state index in [9.17, 15) is 9.59 Å². The molecule has 1 unspecified atom stereocenters. The molecule has 1 aromatic rings. The standard InChI is InChI=1S/C17H22N2O4/c1-4-23-15-11-13(5-7-14(15)22-3)6-8-16(20)19-10-9-18-17(21)12(19)2/h5-8,11-12H,4,9-10H2,1-3H3,(H,18,21)/b8-6+. The molecular formula is C17H22N2O4. The first kappa shape index (κ1) is 16.9. The highest BCUT2D eigenvalue weighted by atomic mass is 16.5. The number of nitrogens with zero attached hydrogens (tertiary/aromatic N) is 1. The van der Waals surface area contributed by atoms with Gasteiger partial charge in [-0.2, -0.15) is 0 Å². The van der Waals surface area contributed by atoms with Crippen molar-refractivity contribution in [3.05, 3.63) is 29.8 Å². The number of hydrogen-bond acceptors (Lipinski definition) is 4. The first-order valence-electron chi connectivity index (χ1n) is 7.64. The Morgan fingerprint density at radius 2 is 2.22 bits per heavy atom. The molecule has 1 heterocycles. The molecular weight excluding hydrogens is 296 g/mol. The molecule has 2 amide bonds. The molecule has 0 aliphatic carbocycles. The number of amides is 2. The summed E-state index contributed by atoms with van der Waals surface area (Å²) in [5, 5.41) is 2.74. The van der Waals surface area contributed by atoms with Gasteiger partial charge in [0.2, 0.25) is 11.8 Å². The highest BCUT2D eigenvalue weighted by Crippen LogP contribution is 2.28. The van der Waals surface area contributed by atoms with Gasteiger partial charge in [0.15, 0.2) is 11.5 Å². The number of ether oxygens (including phenoxy) is 2. The Morgan fingerprint density at radius 1 is 1.43 bits per heavy atom. The van der Waals surface area contributed by atoms with Crippen molar-refractivity contribution in [3.63, 3.8) is 0 Å². The number of hydrogen-bond donors (Lipinski definition) is 1. The zero-order valence-electron chi connectivity index (χ0n) is 13.7. The van der Waals surface area contributed by atoms with Crippen LogP contribution in [0.3, 0.4) is 0 Å². The Labute approximate surface area is 136 Å². The molecule has 1 aliphatic rings. The van der Waals surface area contributed by atoms with Crippen LogP contribution < -0.4 is 14.8 Å². The van der Waals surface area contributed by atoms with Crippen molar-refractivity contribution in [2.45, 2.75) is 19.9 Å². The molecule has 0 aromatic heterocycles. The van der Waals surface area contributed by atoms with Gasteiger partial charge >= 0.3 is 0 Å². The molecule has 1 saturated heterocycles. The lowest BCUT2D eigenvalue weighted by Crippen LogP contribution is -2.55. The predicted molar refractivity (Wildman–Crippen MR) is 87.4 cm³/mol. The second kappa shape index (κ2) is 7.67. The third-order valence-corrected chi connectivity index (χ3v) is 3.69. The lowest BCUT2D eigenvalue weighted by Gasteiger charge is -2.31. The minimum atomic E-state index is -0.448. The SMILES string of the molecule is CCOc1cc(/C=C/C(=O)N2CCNC(=O)C2C)ccc1OC. The number of piperazine rings is 1. The second-order valence-corrected chi connectivity index (χ2v) is 5.18. The van der Waals surface area contributed by atoms with E-state index in [2.05, 4.69) is 5.32 Å². The maximum absolute atomic E-state index is 12.3. The maximum atomic E-state index is 12.3. The summed E-state index contributed by atoms with van der Waals surface area (Å²) in [6.45, 7) is 5.15. The minimum absolute atomic E-state index is 0.124. The van der Waals surface area contributed by atoms with Crippen molar-refractivity contribution in [2.75, 3.05) is 26.8 Å². The summed E-state index contributed by atoms with van der Waals surface area (Å²) in [6.07, 6.45) is 3.19. The average Bonchev–Trinajstić information content (AvgIpc) is 2.55. The van der Waals surface area contributed by atoms with Gasteiger partial charge in [-0.1, -0.05) is 6.07 Å². The fourth-order valence-electron chi connectivity index (χ4n) is 2.41. The maximum Gasteiger partial charge on any atom is 0.247 e. The lowest BCUT2D eigenvalue weighted by molar-refractivity contribution is -0.139. The molecule has 1 atom stereocenters. The van der Waals surface area contributed by atoms with E-state index in [-0.39, 0.29) is 11.8 Å². The van der Waals surface area contributed by atoms with Gasteiger partial charge in [-0.3, -0.25) is 9.59 Å². The van der Waals surface area contributed by atoms with E-state index < -0.39 is 6.04 Å². The van der Waals surface area contributed by atoms with Crippen LogP contribution in [0.15, 0.2) is 24.3 Å². The molecule has 0 saturated carbocycles. The molecule has 0 spiro atoms. The van der Waals surface area contributed by atoms with E-state index in [0.717, 1.165) is 5.56 Å². The molecule has 0 radical (unpaired) electrons. The van der Waals surface area contributed by atoms with Crippen molar-refractivity contribution in [2.24, 2.45) is 0 Å². The molecule has 6 heteroatoms. The van der Waals surface area contributed by atoms with E-state index in [1.165, 1.54) is 6.08 Å². The van der Waals surface area contributed by atoms with Crippen LogP contribution in [0.25, 0.3) is 6.08 Å². The van der Waals surface area contributed by atoms with E-state index in [1.54, 1.807) is 31.1 Å². The first-order valence-corrected chi connectivity index (χ1v) is 7.64. The van der Waals surface area contributed by atoms with Crippen LogP contribution in [0, 0.1) is 0 Å². The Hall–Kier alpha value is -2.50. The summed E-state index contributed by atoms with van der Waals surface area (Å²) in [5.74, 6) is 0.981. The predicted octanol–water partition coefficient (Wildman–Crippen LogP) is 1.45. The van der Waals surface area contributed by atoms with Crippen molar-refractivity contribution < 1.29 is 19.1 Å². The summed E-state index contributed by atoms with van der Waals surface area (Å²) in [7, 11) is 1.58. The Kier molecular flexibility index (Phi) is 5.62. The molecule has 23 heavy (non-hydrogen) atoms. The van der Waals surface area contributed by atoms with Gasteiger partial charge in [-0.15, -0.1) is 0 Å². The normalized spacial score (nSPS) is 18.0. The van der Waals surface area contributed by atoms with Crippen LogP contribution in [0.5, 0.6) is 11.5 Å². The van der Waals surface area contributed by atoms with Crippen LogP contribution in [-0.4, -0.2) is 49.6 Å². The smallest absolute Gasteiger partial charge is 0.247 e. The van der Waals surface area contributed by atoms with Crippen LogP contribution in [0.2, 0.25) is 0 Å². The molecule has 1 N–H and O–H groups in total. The van der Waals surface area contributed by atoms with Crippen LogP contribution in [0.4, 0.5) is 0 Å². The number of methoxy groups -OCH3 is 1. The number of nitrogens with one attached hydrogen (secondary N) is 1. The van der Waals surface area contributed by atoms with Crippen molar-refractivity contribution in [1.29, 1.82) is 0 Å². The zero-order chi connectivity index (χ0) is 16.8. The number of rotatable bonds is 5. The van der Waals surface area contributed by atoms with Gasteiger partial charge in [0.25, 0.3) is 0 Å². The lowest BCUT2D eigenvalue weighted by atomic mass is 10.1. The molecule has 124 valence electrons. The van der Waals surface area contributed by atoms with Crippen LogP contribution in [0.1, 0.15) is 19.4 Å². The average molecular weight is 318 g/mol. The molecule has 6 nitrogen and oxygen atoms in total. The molecule has 1 aromatic carbocycles. The Morgan fingerprint density at radius 3 is 2.91 bits per heavy atom. The quantitative estimate of drug-likeness (QED) is 0.835. The fourth-order valence-corrected chi connectivity index (χ4v) is 2.41. The third-order valence-electron chi connectivity index (χ3n) is 3.69. The van der Waals surface area contributed by atoms with Gasteiger partial charge in [0, 0.05) is 19.2 Å². The van der Waals surface area contributed by atoms with E-state index >= 15 is 0 Å². The van der Waals surface area contributed by atoms with E-state index in [4.69, 9.17) is 9.47 Å². The van der Waals surface area contributed by atoms with Crippen molar-refractivity contribution in [3.8, 4) is 11.5 Å². The van der Waals surface area contributed by atoms with E-state index in [0.29, 0.717) is 31.2 Å². The Bertz CT molecular complexity index is 613. The highest BCUT2D eigenvalue weighted by Gasteiger charge is 2.27. The summed E-state index contributed by atoms with van der Waals surface area (Å²) in [4.78, 5) is 25.4. The highest BCUT2D eigenvalue weighted by molar-refractivity contribution is 5.96. The largest absolute Gasteiger partial charge is 0.493 e. The summed E-state index contributed by atoms with van der Waals surface area (Å²) < 4.78 is 10.7. The van der Waals surface area contributed by atoms with Gasteiger partial charge in [0.1, 0.15) is 6.04 Å². The number of carbonyl (C=O) groups is 2. The molecule has 1 aliphatic heterocycles. The summed E-state index contributed by atoms with van der Waals surface area (Å²) in [6, 6.07) is 5.01. The summed E-state index contributed by atoms with van der Waals surface area (Å²) >= 11 is 0. The first-order chi connectivity index (χ1) is 11.1. The molecule has 0 bridgehead atoms. The molecule has 2 rings (SSSR count). The van der Waals surface area contributed by atoms with Crippen molar-refractivity contribution >= 4 is 17.9 Å². The number of benzene rings is 1. The molecule has 1 fully saturated rings. The van der Waals surface area contributed by atoms with Gasteiger partial charge in [-0.25, -0.2) is 0 Å². The van der Waals surface area contributed by atoms with Crippen LogP contribution in [-0.2, 0) is 9.59 Å². The third kappa shape index (κ3) is 4.03. The van der Waals surface area contributed by atoms with Crippen LogP contribution >= 0.6 is 0 Å². The van der Waals surface area contributed by atoms with Gasteiger partial charge < -0.3 is 19.7 Å². The fraction of sp³-hybridized carbons (Fsp3) is 0.412. The van der Waals surface area contributed by atoms with Gasteiger partial charge in [-0.05, 0) is 37.6 Å². The second-order valence-electron chi connectivity index (χ2n) is 5.18. The zero-order valence-corrected chi connectivity index (χ0v) is 13.7. The Balaban J connectivity index is 2.11. The summed E-state index contributed by atoms with van der Waals surface area (Å²) in [5.41, 5.74) is 0.830. The van der Waals surface area contributed by atoms with Gasteiger partial charge in [0.05, 0.1) is 13.7 Å².